The van der Waals surface area contributed by atoms with Crippen molar-refractivity contribution in [2.75, 3.05) is 13.1 Å². The van der Waals surface area contributed by atoms with Crippen LogP contribution in [0.3, 0.4) is 0 Å². The third-order valence-corrected chi connectivity index (χ3v) is 7.60. The molecule has 0 aliphatic carbocycles. The van der Waals surface area contributed by atoms with E-state index in [9.17, 15) is 8.42 Å². The van der Waals surface area contributed by atoms with Gasteiger partial charge in [0.25, 0.3) is 10.0 Å². The van der Waals surface area contributed by atoms with Crippen molar-refractivity contribution in [1.82, 2.24) is 9.62 Å². The van der Waals surface area contributed by atoms with E-state index in [0.717, 1.165) is 30.8 Å². The minimum Gasteiger partial charge on any atom is -0.312 e. The van der Waals surface area contributed by atoms with E-state index < -0.39 is 10.0 Å². The Morgan fingerprint density at radius 2 is 2.15 bits per heavy atom. The van der Waals surface area contributed by atoms with Crippen molar-refractivity contribution in [1.29, 1.82) is 0 Å². The second-order valence-corrected chi connectivity index (χ2v) is 8.76. The van der Waals surface area contributed by atoms with Crippen LogP contribution in [-0.4, -0.2) is 31.9 Å². The summed E-state index contributed by atoms with van der Waals surface area (Å²) < 4.78 is 27.7. The maximum atomic E-state index is 12.7. The number of sulfonamides is 1. The minimum atomic E-state index is -3.32. The van der Waals surface area contributed by atoms with Gasteiger partial charge in [0.15, 0.2) is 0 Å². The topological polar surface area (TPSA) is 49.4 Å². The van der Waals surface area contributed by atoms with Crippen molar-refractivity contribution in [3.8, 4) is 0 Å². The number of hydrogen-bond donors (Lipinski definition) is 1. The Labute approximate surface area is 126 Å². The van der Waals surface area contributed by atoms with E-state index in [2.05, 4.69) is 12.2 Å². The number of rotatable bonds is 5. The molecule has 1 aromatic heterocycles. The van der Waals surface area contributed by atoms with E-state index in [0.29, 0.717) is 16.7 Å². The highest BCUT2D eigenvalue weighted by Crippen LogP contribution is 2.31. The van der Waals surface area contributed by atoms with Crippen LogP contribution < -0.4 is 5.32 Å². The molecular weight excluding hydrogens is 292 g/mol. The number of nitrogens with zero attached hydrogens (tertiary/aromatic N) is 1. The highest BCUT2D eigenvalue weighted by Gasteiger charge is 2.35. The minimum absolute atomic E-state index is 0.0908. The summed E-state index contributed by atoms with van der Waals surface area (Å²) in [5.41, 5.74) is 0. The smallest absolute Gasteiger partial charge is 0.252 e. The van der Waals surface area contributed by atoms with Crippen molar-refractivity contribution >= 4 is 21.4 Å². The fraction of sp³-hybridized carbons (Fsp3) is 0.714. The average Bonchev–Trinajstić information content (AvgIpc) is 2.89. The summed E-state index contributed by atoms with van der Waals surface area (Å²) >= 11 is 1.38. The van der Waals surface area contributed by atoms with Crippen LogP contribution in [0.25, 0.3) is 0 Å². The molecule has 0 radical (unpaired) electrons. The molecule has 4 nitrogen and oxygen atoms in total. The normalized spacial score (nSPS) is 24.9. The molecule has 6 heteroatoms. The first-order valence-corrected chi connectivity index (χ1v) is 9.53. The Morgan fingerprint density at radius 1 is 1.40 bits per heavy atom. The molecule has 2 heterocycles. The van der Waals surface area contributed by atoms with Crippen LogP contribution in [0, 0.1) is 5.92 Å². The Bertz CT molecular complexity index is 539. The molecule has 0 spiro atoms. The van der Waals surface area contributed by atoms with Gasteiger partial charge in [-0.15, -0.1) is 11.3 Å². The molecule has 1 aliphatic rings. The Balaban J connectivity index is 2.19. The van der Waals surface area contributed by atoms with E-state index in [4.69, 9.17) is 0 Å². The van der Waals surface area contributed by atoms with Gasteiger partial charge in [-0.05, 0) is 44.4 Å². The fourth-order valence-corrected chi connectivity index (χ4v) is 5.81. The number of nitrogens with one attached hydrogen (secondary N) is 1. The maximum Gasteiger partial charge on any atom is 0.252 e. The van der Waals surface area contributed by atoms with Gasteiger partial charge in [-0.25, -0.2) is 8.42 Å². The predicted octanol–water partition coefficient (Wildman–Crippen LogP) is 2.67. The van der Waals surface area contributed by atoms with Gasteiger partial charge in [0.05, 0.1) is 0 Å². The molecule has 2 unspecified atom stereocenters. The van der Waals surface area contributed by atoms with E-state index in [1.165, 1.54) is 11.3 Å². The quantitative estimate of drug-likeness (QED) is 0.908. The van der Waals surface area contributed by atoms with Gasteiger partial charge in [-0.2, -0.15) is 4.31 Å². The molecular formula is C14H24N2O2S2. The van der Waals surface area contributed by atoms with Gasteiger partial charge in [-0.3, -0.25) is 0 Å². The van der Waals surface area contributed by atoms with Crippen LogP contribution in [0.1, 0.15) is 38.5 Å². The molecule has 1 saturated heterocycles. The third kappa shape index (κ3) is 3.24. The Hall–Kier alpha value is -0.430. The van der Waals surface area contributed by atoms with Crippen molar-refractivity contribution in [3.05, 3.63) is 17.0 Å². The van der Waals surface area contributed by atoms with Crippen LogP contribution >= 0.6 is 11.3 Å². The van der Waals surface area contributed by atoms with E-state index in [1.54, 1.807) is 10.4 Å². The van der Waals surface area contributed by atoms with Crippen LogP contribution in [0.15, 0.2) is 16.3 Å². The van der Waals surface area contributed by atoms with Crippen molar-refractivity contribution in [3.63, 3.8) is 0 Å². The summed E-state index contributed by atoms with van der Waals surface area (Å²) in [6.45, 7) is 8.48. The molecule has 2 atom stereocenters. The predicted molar refractivity (Wildman–Crippen MR) is 83.5 cm³/mol. The third-order valence-electron chi connectivity index (χ3n) is 4.06. The average molecular weight is 316 g/mol. The van der Waals surface area contributed by atoms with Crippen LogP contribution in [-0.2, 0) is 16.6 Å². The second-order valence-electron chi connectivity index (χ2n) is 5.48. The molecule has 1 aromatic rings. The molecule has 1 N–H and O–H groups in total. The van der Waals surface area contributed by atoms with Gasteiger partial charge in [0.2, 0.25) is 0 Å². The van der Waals surface area contributed by atoms with Gasteiger partial charge < -0.3 is 5.32 Å². The summed E-state index contributed by atoms with van der Waals surface area (Å²) in [6.07, 6.45) is 2.07. The lowest BCUT2D eigenvalue weighted by Crippen LogP contribution is -2.45. The first kappa shape index (κ1) is 15.9. The van der Waals surface area contributed by atoms with Crippen LogP contribution in [0.5, 0.6) is 0 Å². The number of piperidine rings is 1. The van der Waals surface area contributed by atoms with Crippen LogP contribution in [0.4, 0.5) is 0 Å². The van der Waals surface area contributed by atoms with E-state index in [1.807, 2.05) is 19.9 Å². The lowest BCUT2D eigenvalue weighted by atomic mass is 9.94. The van der Waals surface area contributed by atoms with Crippen molar-refractivity contribution in [2.24, 2.45) is 5.92 Å². The Morgan fingerprint density at radius 3 is 2.85 bits per heavy atom. The molecule has 0 aromatic carbocycles. The van der Waals surface area contributed by atoms with E-state index >= 15 is 0 Å². The van der Waals surface area contributed by atoms with Crippen molar-refractivity contribution in [2.45, 2.75) is 50.4 Å². The molecule has 1 aliphatic heterocycles. The summed E-state index contributed by atoms with van der Waals surface area (Å²) in [4.78, 5) is 1.07. The summed E-state index contributed by atoms with van der Waals surface area (Å²) in [7, 11) is -3.32. The number of thiophene rings is 1. The second kappa shape index (κ2) is 6.56. The van der Waals surface area contributed by atoms with Gasteiger partial charge in [0.1, 0.15) is 4.21 Å². The fourth-order valence-electron chi connectivity index (χ4n) is 2.59. The standard InChI is InChI=1S/C14H24N2O2S2/c1-4-15-10-13-7-8-14(19-13)20(17,18)16-9-5-6-11(2)12(16)3/h7-8,11-12,15H,4-6,9-10H2,1-3H3. The zero-order valence-electron chi connectivity index (χ0n) is 12.4. The highest BCUT2D eigenvalue weighted by molar-refractivity contribution is 7.91. The van der Waals surface area contributed by atoms with Gasteiger partial charge in [0, 0.05) is 24.0 Å². The molecule has 114 valence electrons. The summed E-state index contributed by atoms with van der Waals surface area (Å²) in [5.74, 6) is 0.430. The monoisotopic (exact) mass is 316 g/mol. The molecule has 0 bridgehead atoms. The largest absolute Gasteiger partial charge is 0.312 e. The summed E-state index contributed by atoms with van der Waals surface area (Å²) in [5, 5.41) is 3.23. The molecule has 20 heavy (non-hydrogen) atoms. The zero-order chi connectivity index (χ0) is 14.8. The molecule has 1 fully saturated rings. The first-order valence-electron chi connectivity index (χ1n) is 7.28. The molecule has 0 saturated carbocycles. The maximum absolute atomic E-state index is 12.7. The van der Waals surface area contributed by atoms with Gasteiger partial charge in [-0.1, -0.05) is 13.8 Å². The van der Waals surface area contributed by atoms with Crippen LogP contribution in [0.2, 0.25) is 0 Å². The zero-order valence-corrected chi connectivity index (χ0v) is 14.1. The lowest BCUT2D eigenvalue weighted by Gasteiger charge is -2.36. The highest BCUT2D eigenvalue weighted by atomic mass is 32.2. The van der Waals surface area contributed by atoms with E-state index in [-0.39, 0.29) is 6.04 Å². The summed E-state index contributed by atoms with van der Waals surface area (Å²) in [6, 6.07) is 3.75. The molecule has 0 amide bonds. The number of hydrogen-bond acceptors (Lipinski definition) is 4. The SMILES string of the molecule is CCNCc1ccc(S(=O)(=O)N2CCCC(C)C2C)s1. The Kier molecular flexibility index (Phi) is 5.23. The van der Waals surface area contributed by atoms with Crippen molar-refractivity contribution < 1.29 is 8.42 Å². The van der Waals surface area contributed by atoms with Gasteiger partial charge >= 0.3 is 0 Å². The molecule has 2 rings (SSSR count). The lowest BCUT2D eigenvalue weighted by molar-refractivity contribution is 0.202. The first-order chi connectivity index (χ1) is 9.46.